The van der Waals surface area contributed by atoms with Crippen LogP contribution >= 0.6 is 0 Å². The molecular weight excluding hydrogens is 444 g/mol. The number of hydrogen-bond donors (Lipinski definition) is 2. The lowest BCUT2D eigenvalue weighted by molar-refractivity contribution is -0.179. The molecule has 0 spiro atoms. The van der Waals surface area contributed by atoms with Crippen molar-refractivity contribution in [3.05, 3.63) is 23.8 Å². The third-order valence-electron chi connectivity index (χ3n) is 10.8. The minimum Gasteiger partial charge on any atom is -0.409 e. The largest absolute Gasteiger partial charge is 0.409 e. The molecular formula is C28H44O5Si. The average molecular weight is 489 g/mol. The van der Waals surface area contributed by atoms with E-state index in [1.54, 1.807) is 12.2 Å². The monoisotopic (exact) mass is 488 g/mol. The van der Waals surface area contributed by atoms with Gasteiger partial charge in [-0.2, -0.15) is 0 Å². The third-order valence-corrected chi connectivity index (χ3v) is 15.3. The van der Waals surface area contributed by atoms with E-state index in [0.29, 0.717) is 12.8 Å². The Morgan fingerprint density at radius 1 is 1.26 bits per heavy atom. The molecule has 2 N–H and O–H groups in total. The van der Waals surface area contributed by atoms with Crippen LogP contribution in [0.3, 0.4) is 0 Å². The lowest BCUT2D eigenvalue weighted by Crippen LogP contribution is -2.62. The summed E-state index contributed by atoms with van der Waals surface area (Å²) < 4.78 is 6.22. The smallest absolute Gasteiger partial charge is 0.192 e. The number of rotatable bonds is 4. The molecule has 0 aliphatic heterocycles. The van der Waals surface area contributed by atoms with Crippen molar-refractivity contribution in [2.45, 2.75) is 97.1 Å². The topological polar surface area (TPSA) is 83.8 Å². The van der Waals surface area contributed by atoms with Crippen LogP contribution in [-0.2, 0) is 14.0 Å². The highest BCUT2D eigenvalue weighted by atomic mass is 28.4. The second kappa shape index (κ2) is 7.96. The van der Waals surface area contributed by atoms with Crippen LogP contribution in [0.2, 0.25) is 18.1 Å². The summed E-state index contributed by atoms with van der Waals surface area (Å²) in [6.07, 6.45) is 7.23. The maximum absolute atomic E-state index is 13.6. The second-order valence-electron chi connectivity index (χ2n) is 13.6. The van der Waals surface area contributed by atoms with Gasteiger partial charge in [0.05, 0.1) is 12.7 Å². The molecule has 6 heteroatoms. The summed E-state index contributed by atoms with van der Waals surface area (Å²) in [5.74, 6) is 0.336. The Morgan fingerprint density at radius 3 is 2.53 bits per heavy atom. The van der Waals surface area contributed by atoms with Crippen molar-refractivity contribution in [3.8, 4) is 0 Å². The summed E-state index contributed by atoms with van der Waals surface area (Å²) >= 11 is 0. The number of ketones is 2. The van der Waals surface area contributed by atoms with Gasteiger partial charge in [-0.25, -0.2) is 0 Å². The molecule has 8 atom stereocenters. The number of aliphatic hydroxyl groups is 2. The number of fused-ring (bicyclic) bond motifs is 5. The van der Waals surface area contributed by atoms with Gasteiger partial charge in [-0.3, -0.25) is 9.59 Å². The van der Waals surface area contributed by atoms with Crippen molar-refractivity contribution in [2.24, 2.45) is 34.5 Å². The Labute approximate surface area is 206 Å². The van der Waals surface area contributed by atoms with E-state index in [9.17, 15) is 19.8 Å². The van der Waals surface area contributed by atoms with E-state index in [-0.39, 0.29) is 52.3 Å². The van der Waals surface area contributed by atoms with Crippen LogP contribution in [0.25, 0.3) is 0 Å². The zero-order valence-corrected chi connectivity index (χ0v) is 23.3. The Morgan fingerprint density at radius 2 is 1.91 bits per heavy atom. The molecule has 0 radical (unpaired) electrons. The summed E-state index contributed by atoms with van der Waals surface area (Å²) in [5.41, 5.74) is -1.42. The molecule has 4 aliphatic rings. The molecule has 0 bridgehead atoms. The van der Waals surface area contributed by atoms with Gasteiger partial charge in [0.1, 0.15) is 5.60 Å². The number of allylic oxidation sites excluding steroid dienone is 4. The number of aliphatic hydroxyl groups excluding tert-OH is 1. The molecule has 0 unspecified atom stereocenters. The first kappa shape index (κ1) is 26.0. The first-order valence-electron chi connectivity index (χ1n) is 13.0. The predicted octanol–water partition coefficient (Wildman–Crippen LogP) is 4.83. The van der Waals surface area contributed by atoms with E-state index in [1.807, 2.05) is 13.0 Å². The van der Waals surface area contributed by atoms with E-state index in [4.69, 9.17) is 4.43 Å². The molecule has 0 aromatic rings. The number of carbonyl (C=O) groups is 2. The van der Waals surface area contributed by atoms with Crippen LogP contribution in [0.15, 0.2) is 23.8 Å². The van der Waals surface area contributed by atoms with Crippen LogP contribution < -0.4 is 0 Å². The molecule has 34 heavy (non-hydrogen) atoms. The molecule has 0 heterocycles. The summed E-state index contributed by atoms with van der Waals surface area (Å²) in [7, 11) is -2.13. The maximum atomic E-state index is 13.6. The minimum atomic E-state index is -2.13. The highest BCUT2D eigenvalue weighted by Gasteiger charge is 2.68. The molecule has 0 amide bonds. The van der Waals surface area contributed by atoms with Gasteiger partial charge < -0.3 is 14.6 Å². The zero-order valence-electron chi connectivity index (χ0n) is 22.3. The molecule has 4 aliphatic carbocycles. The molecule has 4 rings (SSSR count). The summed E-state index contributed by atoms with van der Waals surface area (Å²) in [6, 6.07) is 0. The van der Waals surface area contributed by atoms with Crippen molar-refractivity contribution in [1.29, 1.82) is 0 Å². The van der Waals surface area contributed by atoms with E-state index in [2.05, 4.69) is 47.7 Å². The van der Waals surface area contributed by atoms with Crippen molar-refractivity contribution >= 4 is 19.9 Å². The van der Waals surface area contributed by atoms with Crippen LogP contribution in [0.4, 0.5) is 0 Å². The normalized spacial score (nSPS) is 44.2. The summed E-state index contributed by atoms with van der Waals surface area (Å²) in [5, 5.41) is 23.5. The molecule has 5 nitrogen and oxygen atoms in total. The van der Waals surface area contributed by atoms with Crippen LogP contribution in [0.5, 0.6) is 0 Å². The Hall–Kier alpha value is -1.08. The van der Waals surface area contributed by atoms with Gasteiger partial charge in [-0.15, -0.1) is 0 Å². The Bertz CT molecular complexity index is 945. The fourth-order valence-corrected chi connectivity index (χ4v) is 8.72. The van der Waals surface area contributed by atoms with Gasteiger partial charge in [0.25, 0.3) is 0 Å². The van der Waals surface area contributed by atoms with Crippen LogP contribution in [-0.4, -0.2) is 48.4 Å². The minimum absolute atomic E-state index is 0.0138. The van der Waals surface area contributed by atoms with Crippen molar-refractivity contribution in [3.63, 3.8) is 0 Å². The van der Waals surface area contributed by atoms with Crippen molar-refractivity contribution < 1.29 is 24.2 Å². The van der Waals surface area contributed by atoms with Crippen LogP contribution in [0, 0.1) is 34.5 Å². The summed E-state index contributed by atoms with van der Waals surface area (Å²) in [4.78, 5) is 25.7. The highest BCUT2D eigenvalue weighted by molar-refractivity contribution is 6.74. The van der Waals surface area contributed by atoms with Crippen molar-refractivity contribution in [1.82, 2.24) is 0 Å². The lowest BCUT2D eigenvalue weighted by Gasteiger charge is -2.60. The number of Topliss-reactive ketones (excluding diaryl/α,β-unsaturated/α-hetero) is 1. The first-order chi connectivity index (χ1) is 15.5. The predicted molar refractivity (Wildman–Crippen MR) is 136 cm³/mol. The van der Waals surface area contributed by atoms with Crippen molar-refractivity contribution in [2.75, 3.05) is 6.61 Å². The molecule has 0 saturated heterocycles. The molecule has 3 saturated carbocycles. The number of hydrogen-bond acceptors (Lipinski definition) is 5. The van der Waals surface area contributed by atoms with Gasteiger partial charge in [0.15, 0.2) is 19.9 Å². The van der Waals surface area contributed by atoms with Gasteiger partial charge in [0, 0.05) is 16.7 Å². The van der Waals surface area contributed by atoms with Gasteiger partial charge in [0.2, 0.25) is 0 Å². The lowest BCUT2D eigenvalue weighted by atomic mass is 9.45. The third kappa shape index (κ3) is 3.58. The highest BCUT2D eigenvalue weighted by Crippen LogP contribution is 2.67. The second-order valence-corrected chi connectivity index (χ2v) is 18.4. The average Bonchev–Trinajstić information content (AvgIpc) is 2.98. The Kier molecular flexibility index (Phi) is 6.08. The van der Waals surface area contributed by atoms with E-state index in [0.717, 1.165) is 18.4 Å². The van der Waals surface area contributed by atoms with E-state index in [1.165, 1.54) is 0 Å². The SMILES string of the molecule is C[C@H]1C[C@@H]2[C@H]([C@@H](O)C[C@@]3(C)[C@H]2CC[C@]3(O)C(=O)CO[Si](C)(C)C(C)(C)C)[C@]2(C)C=CC(=O)C=C12. The maximum Gasteiger partial charge on any atom is 0.192 e. The van der Waals surface area contributed by atoms with E-state index >= 15 is 0 Å². The quantitative estimate of drug-likeness (QED) is 0.554. The van der Waals surface area contributed by atoms with Gasteiger partial charge >= 0.3 is 0 Å². The standard InChI is InChI=1S/C28H44O5Si/c1-17-13-19-20-10-12-28(32,23(31)16-33-34(7,8)25(2,3)4)27(20,6)15-22(30)24(19)26(5)11-9-18(29)14-21(17)26/h9,11,14,17,19-20,22,24,30,32H,10,12-13,15-16H2,1-8H3/t17-,19-,20-,22-,24+,26+,27-,28-/m0/s1. The molecule has 3 fully saturated rings. The van der Waals surface area contributed by atoms with Crippen LogP contribution in [0.1, 0.15) is 67.2 Å². The summed E-state index contributed by atoms with van der Waals surface area (Å²) in [6.45, 7) is 17.0. The fourth-order valence-electron chi connectivity index (χ4n) is 7.79. The van der Waals surface area contributed by atoms with Gasteiger partial charge in [-0.05, 0) is 73.7 Å². The molecule has 190 valence electrons. The molecule has 0 aromatic heterocycles. The fraction of sp³-hybridized carbons (Fsp3) is 0.786. The van der Waals surface area contributed by atoms with E-state index < -0.39 is 25.4 Å². The first-order valence-corrected chi connectivity index (χ1v) is 15.9. The Balaban J connectivity index is 1.63. The molecule has 0 aromatic carbocycles. The van der Waals surface area contributed by atoms with Gasteiger partial charge in [-0.1, -0.05) is 53.2 Å². The zero-order chi connectivity index (χ0) is 25.5. The number of carbonyl (C=O) groups excluding carboxylic acids is 2.